The predicted molar refractivity (Wildman–Crippen MR) is 87.8 cm³/mol. The number of carboxylic acids is 1. The summed E-state index contributed by atoms with van der Waals surface area (Å²) in [6, 6.07) is 8.14. The van der Waals surface area contributed by atoms with Gasteiger partial charge in [-0.2, -0.15) is 0 Å². The number of rotatable bonds is 9. The zero-order valence-electron chi connectivity index (χ0n) is 13.8. The van der Waals surface area contributed by atoms with Crippen LogP contribution in [0.3, 0.4) is 0 Å². The zero-order valence-corrected chi connectivity index (χ0v) is 13.8. The Balaban J connectivity index is 2.48. The summed E-state index contributed by atoms with van der Waals surface area (Å²) >= 11 is 0. The predicted octanol–water partition coefficient (Wildman–Crippen LogP) is 3.33. The molecule has 0 saturated heterocycles. The summed E-state index contributed by atoms with van der Waals surface area (Å²) in [5.74, 6) is -0.915. The second-order valence-corrected chi connectivity index (χ2v) is 6.42. The van der Waals surface area contributed by atoms with Crippen molar-refractivity contribution in [1.82, 2.24) is 5.32 Å². The molecule has 0 aliphatic heterocycles. The Morgan fingerprint density at radius 1 is 1.14 bits per heavy atom. The molecule has 1 amide bonds. The molecule has 1 aromatic rings. The van der Waals surface area contributed by atoms with Crippen LogP contribution in [0.4, 0.5) is 0 Å². The third kappa shape index (κ3) is 7.25. The van der Waals surface area contributed by atoms with Crippen molar-refractivity contribution in [1.29, 1.82) is 0 Å². The molecule has 22 heavy (non-hydrogen) atoms. The minimum atomic E-state index is -0.843. The molecule has 0 spiro atoms. The topological polar surface area (TPSA) is 66.4 Å². The number of carbonyl (C=O) groups excluding carboxylic acids is 1. The molecule has 0 aliphatic rings. The van der Waals surface area contributed by atoms with Crippen LogP contribution < -0.4 is 5.32 Å². The van der Waals surface area contributed by atoms with Gasteiger partial charge in [-0.3, -0.25) is 9.59 Å². The highest BCUT2D eigenvalue weighted by atomic mass is 16.4. The lowest BCUT2D eigenvalue weighted by Crippen LogP contribution is -2.44. The van der Waals surface area contributed by atoms with E-state index < -0.39 is 11.5 Å². The van der Waals surface area contributed by atoms with Gasteiger partial charge in [0.15, 0.2) is 0 Å². The molecule has 0 bridgehead atoms. The minimum Gasteiger partial charge on any atom is -0.481 e. The van der Waals surface area contributed by atoms with E-state index in [0.717, 1.165) is 12.0 Å². The first-order valence-corrected chi connectivity index (χ1v) is 7.93. The number of carbonyl (C=O) groups is 2. The molecule has 0 fully saturated rings. The van der Waals surface area contributed by atoms with Crippen molar-refractivity contribution in [3.63, 3.8) is 0 Å². The van der Waals surface area contributed by atoms with E-state index in [4.69, 9.17) is 5.11 Å². The summed E-state index contributed by atoms with van der Waals surface area (Å²) in [5, 5.41) is 11.6. The molecule has 0 aliphatic carbocycles. The van der Waals surface area contributed by atoms with Crippen molar-refractivity contribution in [2.45, 2.75) is 64.8 Å². The van der Waals surface area contributed by atoms with Gasteiger partial charge in [-0.05, 0) is 44.2 Å². The maximum atomic E-state index is 12.1. The van der Waals surface area contributed by atoms with Gasteiger partial charge < -0.3 is 10.4 Å². The molecule has 0 atom stereocenters. The number of hydrogen-bond donors (Lipinski definition) is 2. The van der Waals surface area contributed by atoms with Gasteiger partial charge in [-0.15, -0.1) is 0 Å². The quantitative estimate of drug-likeness (QED) is 0.735. The van der Waals surface area contributed by atoms with E-state index in [1.54, 1.807) is 0 Å². The van der Waals surface area contributed by atoms with Crippen molar-refractivity contribution >= 4 is 11.9 Å². The van der Waals surface area contributed by atoms with E-state index in [9.17, 15) is 9.59 Å². The fraction of sp³-hybridized carbons (Fsp3) is 0.556. The third-order valence-electron chi connectivity index (χ3n) is 3.65. The van der Waals surface area contributed by atoms with Crippen LogP contribution in [-0.4, -0.2) is 22.5 Å². The smallest absolute Gasteiger partial charge is 0.303 e. The maximum Gasteiger partial charge on any atom is 0.303 e. The number of aliphatic carboxylic acids is 1. The minimum absolute atomic E-state index is 0.0550. The Morgan fingerprint density at radius 3 is 2.27 bits per heavy atom. The maximum absolute atomic E-state index is 12.1. The first-order valence-electron chi connectivity index (χ1n) is 7.93. The summed E-state index contributed by atoms with van der Waals surface area (Å²) in [5.41, 5.74) is 1.77. The number of amides is 1. The molecule has 2 N–H and O–H groups in total. The molecule has 0 unspecified atom stereocenters. The molecule has 1 rings (SSSR count). The van der Waals surface area contributed by atoms with Crippen LogP contribution in [0.15, 0.2) is 24.3 Å². The van der Waals surface area contributed by atoms with Gasteiger partial charge in [0.1, 0.15) is 0 Å². The van der Waals surface area contributed by atoms with E-state index in [1.165, 1.54) is 18.4 Å². The fourth-order valence-corrected chi connectivity index (χ4v) is 2.29. The van der Waals surface area contributed by atoms with Gasteiger partial charge in [0.05, 0.1) is 6.42 Å². The summed E-state index contributed by atoms with van der Waals surface area (Å²) in [6.07, 6.45) is 4.23. The number of nitrogens with one attached hydrogen (secondary N) is 1. The van der Waals surface area contributed by atoms with Crippen molar-refractivity contribution in [3.05, 3.63) is 35.4 Å². The molecule has 4 heteroatoms. The zero-order chi connectivity index (χ0) is 16.6. The number of hydrogen-bond acceptors (Lipinski definition) is 2. The average molecular weight is 305 g/mol. The number of carboxylic acid groups (broad SMARTS) is 1. The van der Waals surface area contributed by atoms with E-state index in [0.29, 0.717) is 12.8 Å². The van der Waals surface area contributed by atoms with E-state index in [2.05, 4.69) is 24.4 Å². The molecular weight excluding hydrogens is 278 g/mol. The summed E-state index contributed by atoms with van der Waals surface area (Å²) in [6.45, 7) is 5.87. The van der Waals surface area contributed by atoms with E-state index in [-0.39, 0.29) is 12.3 Å². The Bertz CT molecular complexity index is 492. The number of unbranched alkanes of at least 4 members (excludes halogenated alkanes) is 1. The standard InChI is InChI=1S/C18H27NO3/c1-4-5-6-14-7-9-15(10-8-14)13-16(20)19-18(2,3)12-11-17(21)22/h7-10H,4-6,11-13H2,1-3H3,(H,19,20)(H,21,22). The molecule has 4 nitrogen and oxygen atoms in total. The fourth-order valence-electron chi connectivity index (χ4n) is 2.29. The summed E-state index contributed by atoms with van der Waals surface area (Å²) < 4.78 is 0. The van der Waals surface area contributed by atoms with Gasteiger partial charge >= 0.3 is 5.97 Å². The van der Waals surface area contributed by atoms with Crippen LogP contribution in [0.1, 0.15) is 57.6 Å². The van der Waals surface area contributed by atoms with Crippen LogP contribution >= 0.6 is 0 Å². The van der Waals surface area contributed by atoms with Crippen LogP contribution in [0.2, 0.25) is 0 Å². The highest BCUT2D eigenvalue weighted by Crippen LogP contribution is 2.13. The van der Waals surface area contributed by atoms with Crippen molar-refractivity contribution < 1.29 is 14.7 Å². The van der Waals surface area contributed by atoms with Crippen molar-refractivity contribution in [3.8, 4) is 0 Å². The monoisotopic (exact) mass is 305 g/mol. The first-order chi connectivity index (χ1) is 10.3. The van der Waals surface area contributed by atoms with Crippen LogP contribution in [0, 0.1) is 0 Å². The lowest BCUT2D eigenvalue weighted by atomic mass is 9.97. The largest absolute Gasteiger partial charge is 0.481 e. The first kappa shape index (κ1) is 18.2. The molecule has 122 valence electrons. The van der Waals surface area contributed by atoms with Gasteiger partial charge in [-0.25, -0.2) is 0 Å². The van der Waals surface area contributed by atoms with E-state index >= 15 is 0 Å². The second-order valence-electron chi connectivity index (χ2n) is 6.42. The molecule has 1 aromatic carbocycles. The average Bonchev–Trinajstić information content (AvgIpc) is 2.44. The van der Waals surface area contributed by atoms with Crippen LogP contribution in [-0.2, 0) is 22.4 Å². The van der Waals surface area contributed by atoms with Crippen LogP contribution in [0.25, 0.3) is 0 Å². The van der Waals surface area contributed by atoms with Gasteiger partial charge in [0, 0.05) is 12.0 Å². The highest BCUT2D eigenvalue weighted by Gasteiger charge is 2.21. The lowest BCUT2D eigenvalue weighted by Gasteiger charge is -2.25. The molecule has 0 radical (unpaired) electrons. The van der Waals surface area contributed by atoms with Crippen LogP contribution in [0.5, 0.6) is 0 Å². The lowest BCUT2D eigenvalue weighted by molar-refractivity contribution is -0.137. The molecular formula is C18H27NO3. The SMILES string of the molecule is CCCCc1ccc(CC(=O)NC(C)(C)CCC(=O)O)cc1. The molecule has 0 aromatic heterocycles. The third-order valence-corrected chi connectivity index (χ3v) is 3.65. The van der Waals surface area contributed by atoms with E-state index in [1.807, 2.05) is 26.0 Å². The van der Waals surface area contributed by atoms with Crippen molar-refractivity contribution in [2.24, 2.45) is 0 Å². The highest BCUT2D eigenvalue weighted by molar-refractivity contribution is 5.79. The van der Waals surface area contributed by atoms with Gasteiger partial charge in [-0.1, -0.05) is 37.6 Å². The molecule has 0 heterocycles. The second kappa shape index (κ2) is 8.57. The normalized spacial score (nSPS) is 11.2. The number of aryl methyl sites for hydroxylation is 1. The van der Waals surface area contributed by atoms with Gasteiger partial charge in [0.25, 0.3) is 0 Å². The summed E-state index contributed by atoms with van der Waals surface area (Å²) in [4.78, 5) is 22.7. The Kier molecular flexibility index (Phi) is 7.09. The number of benzene rings is 1. The molecule has 0 saturated carbocycles. The Morgan fingerprint density at radius 2 is 1.73 bits per heavy atom. The van der Waals surface area contributed by atoms with Crippen molar-refractivity contribution in [2.75, 3.05) is 0 Å². The van der Waals surface area contributed by atoms with Gasteiger partial charge in [0.2, 0.25) is 5.91 Å². The Hall–Kier alpha value is -1.84. The Labute approximate surface area is 132 Å². The summed E-state index contributed by atoms with van der Waals surface area (Å²) in [7, 11) is 0.